The van der Waals surface area contributed by atoms with Crippen molar-refractivity contribution in [3.63, 3.8) is 0 Å². The number of likely N-dealkylation sites (N-methyl/N-ethyl adjacent to an activating group) is 2. The third-order valence-electron chi connectivity index (χ3n) is 7.67. The zero-order valence-corrected chi connectivity index (χ0v) is 24.2. The van der Waals surface area contributed by atoms with Crippen LogP contribution in [0.5, 0.6) is 0 Å². The summed E-state index contributed by atoms with van der Waals surface area (Å²) in [5.74, 6) is 0.523. The van der Waals surface area contributed by atoms with Crippen LogP contribution in [0.3, 0.4) is 0 Å². The molecule has 1 aliphatic rings. The summed E-state index contributed by atoms with van der Waals surface area (Å²) in [4.78, 5) is 6.23. The highest BCUT2D eigenvalue weighted by atomic mass is 35.5. The zero-order valence-electron chi connectivity index (χ0n) is 22.7. The van der Waals surface area contributed by atoms with Gasteiger partial charge in [0.2, 0.25) is 0 Å². The molecule has 4 rings (SSSR count). The molecule has 0 aromatic heterocycles. The predicted molar refractivity (Wildman–Crippen MR) is 156 cm³/mol. The number of likely N-dealkylation sites (tertiary alicyclic amines) is 1. The van der Waals surface area contributed by atoms with Gasteiger partial charge < -0.3 is 9.80 Å². The standard InChI is InChI=1S/C31H36Cl2F3N3/c1-37(2)18-19-38(3)28-12-13-29(31(34,35)36)25(20-28)21-39-16-14-24(15-17-39)30(22-4-8-26(32)9-5-22)23-6-10-27(33)11-7-23/h4-13,20,24,30H,14-19,21H2,1-3H3. The highest BCUT2D eigenvalue weighted by molar-refractivity contribution is 6.30. The van der Waals surface area contributed by atoms with Crippen LogP contribution in [0.15, 0.2) is 66.7 Å². The Labute approximate surface area is 240 Å². The molecule has 1 heterocycles. The number of anilines is 1. The molecule has 0 amide bonds. The Morgan fingerprint density at radius 1 is 0.821 bits per heavy atom. The van der Waals surface area contributed by atoms with Gasteiger partial charge in [0, 0.05) is 48.3 Å². The maximum Gasteiger partial charge on any atom is 0.416 e. The summed E-state index contributed by atoms with van der Waals surface area (Å²) >= 11 is 12.3. The normalized spacial score (nSPS) is 15.3. The molecular weight excluding hydrogens is 542 g/mol. The van der Waals surface area contributed by atoms with Gasteiger partial charge in [-0.1, -0.05) is 47.5 Å². The SMILES string of the molecule is CN(C)CCN(C)c1ccc(C(F)(F)F)c(CN2CCC(C(c3ccc(Cl)cc3)c3ccc(Cl)cc3)CC2)c1. The Morgan fingerprint density at radius 2 is 1.36 bits per heavy atom. The molecular formula is C31H36Cl2F3N3. The van der Waals surface area contributed by atoms with Crippen molar-refractivity contribution in [2.45, 2.75) is 31.5 Å². The van der Waals surface area contributed by atoms with Crippen molar-refractivity contribution in [3.8, 4) is 0 Å². The van der Waals surface area contributed by atoms with E-state index in [2.05, 4.69) is 34.1 Å². The summed E-state index contributed by atoms with van der Waals surface area (Å²) in [5, 5.41) is 1.39. The van der Waals surface area contributed by atoms with Crippen molar-refractivity contribution < 1.29 is 13.2 Å². The van der Waals surface area contributed by atoms with E-state index in [4.69, 9.17) is 23.2 Å². The first-order valence-electron chi connectivity index (χ1n) is 13.3. The largest absolute Gasteiger partial charge is 0.416 e. The second-order valence-corrected chi connectivity index (χ2v) is 11.6. The topological polar surface area (TPSA) is 9.72 Å². The highest BCUT2D eigenvalue weighted by Gasteiger charge is 2.35. The van der Waals surface area contributed by atoms with E-state index in [9.17, 15) is 13.2 Å². The van der Waals surface area contributed by atoms with Crippen LogP contribution in [0.2, 0.25) is 10.0 Å². The molecule has 3 aromatic rings. The molecule has 0 spiro atoms. The van der Waals surface area contributed by atoms with E-state index < -0.39 is 11.7 Å². The van der Waals surface area contributed by atoms with Crippen LogP contribution in [-0.2, 0) is 12.7 Å². The summed E-state index contributed by atoms with van der Waals surface area (Å²) < 4.78 is 41.8. The lowest BCUT2D eigenvalue weighted by atomic mass is 9.76. The number of piperidine rings is 1. The lowest BCUT2D eigenvalue weighted by molar-refractivity contribution is -0.138. The fourth-order valence-corrected chi connectivity index (χ4v) is 5.72. The first-order chi connectivity index (χ1) is 18.5. The molecule has 3 aromatic carbocycles. The van der Waals surface area contributed by atoms with Crippen molar-refractivity contribution in [2.75, 3.05) is 52.2 Å². The molecule has 0 unspecified atom stereocenters. The predicted octanol–water partition coefficient (Wildman–Crippen LogP) is 8.05. The average molecular weight is 579 g/mol. The summed E-state index contributed by atoms with van der Waals surface area (Å²) in [6.45, 7) is 3.31. The molecule has 0 N–H and O–H groups in total. The molecule has 1 fully saturated rings. The summed E-state index contributed by atoms with van der Waals surface area (Å²) in [6.07, 6.45) is -2.61. The maximum absolute atomic E-state index is 13.9. The number of alkyl halides is 3. The second kappa shape index (κ2) is 12.9. The molecule has 0 radical (unpaired) electrons. The zero-order chi connectivity index (χ0) is 28.2. The Bertz CT molecular complexity index is 1160. The van der Waals surface area contributed by atoms with Crippen molar-refractivity contribution in [1.82, 2.24) is 9.80 Å². The van der Waals surface area contributed by atoms with Gasteiger partial charge in [0.05, 0.1) is 5.56 Å². The van der Waals surface area contributed by atoms with Gasteiger partial charge in [-0.2, -0.15) is 13.2 Å². The summed E-state index contributed by atoms with van der Waals surface area (Å²) in [7, 11) is 5.90. The van der Waals surface area contributed by atoms with Gasteiger partial charge in [-0.25, -0.2) is 0 Å². The first-order valence-corrected chi connectivity index (χ1v) is 14.1. The van der Waals surface area contributed by atoms with E-state index in [1.54, 1.807) is 12.1 Å². The minimum absolute atomic E-state index is 0.168. The van der Waals surface area contributed by atoms with Crippen LogP contribution in [-0.4, -0.2) is 57.1 Å². The van der Waals surface area contributed by atoms with E-state index in [0.717, 1.165) is 44.7 Å². The van der Waals surface area contributed by atoms with Crippen molar-refractivity contribution in [1.29, 1.82) is 0 Å². The monoisotopic (exact) mass is 577 g/mol. The fraction of sp³-hybridized carbons (Fsp3) is 0.419. The molecule has 0 atom stereocenters. The smallest absolute Gasteiger partial charge is 0.373 e. The van der Waals surface area contributed by atoms with Crippen LogP contribution < -0.4 is 4.90 Å². The molecule has 210 valence electrons. The number of hydrogen-bond donors (Lipinski definition) is 0. The number of nitrogens with zero attached hydrogens (tertiary/aromatic N) is 3. The van der Waals surface area contributed by atoms with E-state index in [1.165, 1.54) is 17.2 Å². The van der Waals surface area contributed by atoms with Gasteiger partial charge in [-0.05, 0) is 105 Å². The highest BCUT2D eigenvalue weighted by Crippen LogP contribution is 2.40. The fourth-order valence-electron chi connectivity index (χ4n) is 5.47. The molecule has 39 heavy (non-hydrogen) atoms. The van der Waals surface area contributed by atoms with Gasteiger partial charge in [-0.15, -0.1) is 0 Å². The Balaban J connectivity index is 1.51. The Morgan fingerprint density at radius 3 is 1.85 bits per heavy atom. The van der Waals surface area contributed by atoms with Crippen LogP contribution in [0.1, 0.15) is 41.0 Å². The van der Waals surface area contributed by atoms with E-state index in [-0.39, 0.29) is 12.5 Å². The van der Waals surface area contributed by atoms with Crippen molar-refractivity contribution >= 4 is 28.9 Å². The first kappa shape index (κ1) is 29.7. The van der Waals surface area contributed by atoms with Crippen molar-refractivity contribution in [3.05, 3.63) is 99.0 Å². The number of halogens is 5. The summed E-state index contributed by atoms with van der Waals surface area (Å²) in [5.41, 5.74) is 2.97. The quantitative estimate of drug-likeness (QED) is 0.254. The van der Waals surface area contributed by atoms with Gasteiger partial charge in [0.15, 0.2) is 0 Å². The lowest BCUT2D eigenvalue weighted by Crippen LogP contribution is -2.36. The van der Waals surface area contributed by atoms with E-state index >= 15 is 0 Å². The minimum Gasteiger partial charge on any atom is -0.373 e. The molecule has 1 aliphatic heterocycles. The number of benzene rings is 3. The van der Waals surface area contributed by atoms with E-state index in [0.29, 0.717) is 21.5 Å². The van der Waals surface area contributed by atoms with Gasteiger partial charge in [0.1, 0.15) is 0 Å². The number of hydrogen-bond acceptors (Lipinski definition) is 3. The van der Waals surface area contributed by atoms with E-state index in [1.807, 2.05) is 50.3 Å². The Hall–Kier alpha value is -2.25. The van der Waals surface area contributed by atoms with Crippen LogP contribution in [0.25, 0.3) is 0 Å². The van der Waals surface area contributed by atoms with Gasteiger partial charge in [0.25, 0.3) is 0 Å². The van der Waals surface area contributed by atoms with Crippen LogP contribution in [0.4, 0.5) is 18.9 Å². The van der Waals surface area contributed by atoms with Crippen molar-refractivity contribution in [2.24, 2.45) is 5.92 Å². The summed E-state index contributed by atoms with van der Waals surface area (Å²) in [6, 6.07) is 20.5. The third kappa shape index (κ3) is 7.91. The molecule has 0 saturated carbocycles. The Kier molecular flexibility index (Phi) is 9.87. The lowest BCUT2D eigenvalue weighted by Gasteiger charge is -2.37. The van der Waals surface area contributed by atoms with Crippen LogP contribution in [0, 0.1) is 5.92 Å². The molecule has 0 aliphatic carbocycles. The maximum atomic E-state index is 13.9. The number of rotatable bonds is 9. The molecule has 1 saturated heterocycles. The molecule has 0 bridgehead atoms. The minimum atomic E-state index is -4.39. The third-order valence-corrected chi connectivity index (χ3v) is 8.18. The van der Waals surface area contributed by atoms with Gasteiger partial charge >= 0.3 is 6.18 Å². The molecule has 8 heteroatoms. The molecule has 3 nitrogen and oxygen atoms in total. The van der Waals surface area contributed by atoms with Gasteiger partial charge in [-0.3, -0.25) is 4.90 Å². The average Bonchev–Trinajstić information content (AvgIpc) is 2.90. The second-order valence-electron chi connectivity index (χ2n) is 10.8. The van der Waals surface area contributed by atoms with Crippen LogP contribution >= 0.6 is 23.2 Å².